The highest BCUT2D eigenvalue weighted by Gasteiger charge is 2.21. The Morgan fingerprint density at radius 2 is 1.94 bits per heavy atom. The summed E-state index contributed by atoms with van der Waals surface area (Å²) in [6.07, 6.45) is 5.96. The molecule has 3 aromatic rings. The number of pyridine rings is 1. The molecule has 182 valence electrons. The number of unbranched alkanes of at least 4 members (excludes halogenated alkanes) is 1. The van der Waals surface area contributed by atoms with Gasteiger partial charge in [-0.3, -0.25) is 14.4 Å². The topological polar surface area (TPSA) is 100 Å². The molecule has 2 heterocycles. The number of ether oxygens (including phenoxy) is 3. The first-order chi connectivity index (χ1) is 16.4. The van der Waals surface area contributed by atoms with Crippen molar-refractivity contribution >= 4 is 11.4 Å². The molecular formula is C24H28FN3O6. The Bertz CT molecular complexity index is 1280. The number of rotatable bonds is 11. The molecule has 1 N–H and O–H groups in total. The predicted octanol–water partition coefficient (Wildman–Crippen LogP) is 2.36. The molecule has 1 aromatic carbocycles. The zero-order valence-corrected chi connectivity index (χ0v) is 19.4. The highest BCUT2D eigenvalue weighted by molar-refractivity contribution is 5.94. The molecule has 0 aliphatic heterocycles. The smallest absolute Gasteiger partial charge is 0.278 e. The molecular weight excluding hydrogens is 445 g/mol. The van der Waals surface area contributed by atoms with Crippen molar-refractivity contribution in [3.05, 3.63) is 74.3 Å². The summed E-state index contributed by atoms with van der Waals surface area (Å²) < 4.78 is 32.2. The van der Waals surface area contributed by atoms with E-state index in [2.05, 4.69) is 5.32 Å². The van der Waals surface area contributed by atoms with Crippen LogP contribution >= 0.6 is 0 Å². The van der Waals surface area contributed by atoms with Crippen LogP contribution in [0.25, 0.3) is 5.52 Å². The highest BCUT2D eigenvalue weighted by atomic mass is 19.1. The molecule has 3 rings (SSSR count). The number of methoxy groups -OCH3 is 2. The lowest BCUT2D eigenvalue weighted by molar-refractivity contribution is 0.0948. The van der Waals surface area contributed by atoms with Gasteiger partial charge >= 0.3 is 0 Å². The second kappa shape index (κ2) is 11.5. The van der Waals surface area contributed by atoms with Crippen LogP contribution in [0.3, 0.4) is 0 Å². The van der Waals surface area contributed by atoms with Crippen molar-refractivity contribution in [1.82, 2.24) is 14.3 Å². The molecule has 2 aromatic heterocycles. The molecule has 1 amide bonds. The van der Waals surface area contributed by atoms with Crippen molar-refractivity contribution in [2.24, 2.45) is 0 Å². The van der Waals surface area contributed by atoms with Crippen molar-refractivity contribution in [2.45, 2.75) is 32.9 Å². The fourth-order valence-electron chi connectivity index (χ4n) is 3.36. The van der Waals surface area contributed by atoms with Crippen LogP contribution in [0, 0.1) is 5.82 Å². The zero-order valence-electron chi connectivity index (χ0n) is 19.4. The summed E-state index contributed by atoms with van der Waals surface area (Å²) >= 11 is 0. The number of benzene rings is 1. The van der Waals surface area contributed by atoms with Gasteiger partial charge in [0.2, 0.25) is 5.43 Å². The molecule has 0 spiro atoms. The van der Waals surface area contributed by atoms with Gasteiger partial charge < -0.3 is 28.5 Å². The van der Waals surface area contributed by atoms with Gasteiger partial charge in [0.1, 0.15) is 5.56 Å². The number of fused-ring (bicyclic) bond motifs is 1. The molecule has 9 nitrogen and oxygen atoms in total. The zero-order chi connectivity index (χ0) is 24.7. The Labute approximate surface area is 195 Å². The van der Waals surface area contributed by atoms with Gasteiger partial charge in [0.25, 0.3) is 11.5 Å². The van der Waals surface area contributed by atoms with E-state index in [4.69, 9.17) is 14.2 Å². The van der Waals surface area contributed by atoms with E-state index in [-0.39, 0.29) is 35.7 Å². The number of carbonyl (C=O) groups excluding carboxylic acids is 1. The fraction of sp³-hybridized carbons (Fsp3) is 0.375. The minimum Gasteiger partial charge on any atom is -0.494 e. The van der Waals surface area contributed by atoms with Gasteiger partial charge in [-0.05, 0) is 24.1 Å². The first-order valence-corrected chi connectivity index (χ1v) is 10.9. The van der Waals surface area contributed by atoms with E-state index in [0.29, 0.717) is 25.1 Å². The summed E-state index contributed by atoms with van der Waals surface area (Å²) in [5, 5.41) is 2.65. The molecule has 0 radical (unpaired) electrons. The van der Waals surface area contributed by atoms with Gasteiger partial charge in [-0.15, -0.1) is 0 Å². The fourth-order valence-corrected chi connectivity index (χ4v) is 3.36. The SMILES string of the molecule is CCCCOc1c(=O)c(C(=O)NCc2ccc(F)c(OC)c2)cn2ccn(CCOC)c(=O)c12. The summed E-state index contributed by atoms with van der Waals surface area (Å²) in [6.45, 7) is 2.87. The van der Waals surface area contributed by atoms with Gasteiger partial charge in [0.15, 0.2) is 22.8 Å². The third-order valence-electron chi connectivity index (χ3n) is 5.26. The van der Waals surface area contributed by atoms with Gasteiger partial charge in [0, 0.05) is 38.8 Å². The minimum atomic E-state index is -0.674. The first-order valence-electron chi connectivity index (χ1n) is 10.9. The van der Waals surface area contributed by atoms with Gasteiger partial charge in [0.05, 0.1) is 20.3 Å². The Morgan fingerprint density at radius 1 is 1.15 bits per heavy atom. The summed E-state index contributed by atoms with van der Waals surface area (Å²) in [5.74, 6) is -1.28. The van der Waals surface area contributed by atoms with Crippen molar-refractivity contribution in [3.63, 3.8) is 0 Å². The molecule has 0 fully saturated rings. The van der Waals surface area contributed by atoms with Crippen LogP contribution in [0.15, 0.2) is 46.4 Å². The van der Waals surface area contributed by atoms with E-state index in [9.17, 15) is 18.8 Å². The third-order valence-corrected chi connectivity index (χ3v) is 5.26. The second-order valence-corrected chi connectivity index (χ2v) is 7.60. The van der Waals surface area contributed by atoms with Crippen LogP contribution in [0.2, 0.25) is 0 Å². The summed E-state index contributed by atoms with van der Waals surface area (Å²) in [4.78, 5) is 39.1. The quantitative estimate of drug-likeness (QED) is 0.429. The molecule has 10 heteroatoms. The Balaban J connectivity index is 1.98. The number of hydrogen-bond acceptors (Lipinski definition) is 6. The van der Waals surface area contributed by atoms with E-state index in [0.717, 1.165) is 6.42 Å². The molecule has 0 saturated heterocycles. The number of aromatic nitrogens is 2. The predicted molar refractivity (Wildman–Crippen MR) is 124 cm³/mol. The maximum Gasteiger partial charge on any atom is 0.278 e. The lowest BCUT2D eigenvalue weighted by Gasteiger charge is -2.14. The van der Waals surface area contributed by atoms with Crippen LogP contribution in [0.4, 0.5) is 4.39 Å². The maximum absolute atomic E-state index is 13.6. The second-order valence-electron chi connectivity index (χ2n) is 7.60. The van der Waals surface area contributed by atoms with E-state index in [1.807, 2.05) is 6.92 Å². The van der Waals surface area contributed by atoms with Crippen molar-refractivity contribution < 1.29 is 23.4 Å². The summed E-state index contributed by atoms with van der Waals surface area (Å²) in [5.41, 5.74) is -0.625. The third kappa shape index (κ3) is 5.45. The van der Waals surface area contributed by atoms with Gasteiger partial charge in [-0.1, -0.05) is 19.4 Å². The monoisotopic (exact) mass is 473 g/mol. The van der Waals surface area contributed by atoms with Crippen LogP contribution in [-0.2, 0) is 17.8 Å². The van der Waals surface area contributed by atoms with Crippen molar-refractivity contribution in [3.8, 4) is 11.5 Å². The van der Waals surface area contributed by atoms with E-state index < -0.39 is 22.7 Å². The average molecular weight is 474 g/mol. The van der Waals surface area contributed by atoms with E-state index >= 15 is 0 Å². The summed E-state index contributed by atoms with van der Waals surface area (Å²) in [7, 11) is 2.88. The molecule has 0 bridgehead atoms. The van der Waals surface area contributed by atoms with E-state index in [1.54, 1.807) is 12.4 Å². The summed E-state index contributed by atoms with van der Waals surface area (Å²) in [6, 6.07) is 4.21. The number of halogens is 1. The normalized spacial score (nSPS) is 10.9. The number of carbonyl (C=O) groups is 1. The van der Waals surface area contributed by atoms with Crippen molar-refractivity contribution in [2.75, 3.05) is 27.4 Å². The number of nitrogens with zero attached hydrogens (tertiary/aromatic N) is 2. The molecule has 0 aliphatic carbocycles. The number of nitrogens with one attached hydrogen (secondary N) is 1. The van der Waals surface area contributed by atoms with Gasteiger partial charge in [-0.25, -0.2) is 4.39 Å². The Morgan fingerprint density at radius 3 is 2.65 bits per heavy atom. The minimum absolute atomic E-state index is 0.0439. The molecule has 34 heavy (non-hydrogen) atoms. The molecule has 0 saturated carbocycles. The lowest BCUT2D eigenvalue weighted by Crippen LogP contribution is -2.32. The number of amides is 1. The first kappa shape index (κ1) is 25.0. The molecule has 0 atom stereocenters. The molecule has 0 aliphatic rings. The lowest BCUT2D eigenvalue weighted by atomic mass is 10.2. The average Bonchev–Trinajstić information content (AvgIpc) is 2.84. The highest BCUT2D eigenvalue weighted by Crippen LogP contribution is 2.18. The van der Waals surface area contributed by atoms with Gasteiger partial charge in [-0.2, -0.15) is 0 Å². The van der Waals surface area contributed by atoms with Crippen LogP contribution in [0.1, 0.15) is 35.7 Å². The molecule has 0 unspecified atom stereocenters. The van der Waals surface area contributed by atoms with Crippen LogP contribution in [-0.4, -0.2) is 42.3 Å². The maximum atomic E-state index is 13.6. The Hall–Kier alpha value is -3.66. The van der Waals surface area contributed by atoms with E-state index in [1.165, 1.54) is 47.6 Å². The van der Waals surface area contributed by atoms with Crippen LogP contribution < -0.4 is 25.8 Å². The van der Waals surface area contributed by atoms with Crippen LogP contribution in [0.5, 0.6) is 11.5 Å². The largest absolute Gasteiger partial charge is 0.494 e. The Kier molecular flexibility index (Phi) is 8.42. The number of hydrogen-bond donors (Lipinski definition) is 1. The van der Waals surface area contributed by atoms with Crippen molar-refractivity contribution in [1.29, 1.82) is 0 Å². The standard InChI is InChI=1S/C24H28FN3O6/c1-4-5-11-34-22-20-24(31)27(10-12-32-2)8-9-28(20)15-17(21(22)29)23(30)26-14-16-6-7-18(25)19(13-16)33-3/h6-9,13,15H,4-5,10-12,14H2,1-3H3,(H,26,30).